The molecular weight excluding hydrogens is 230 g/mol. The number of rotatable bonds is 4. The highest BCUT2D eigenvalue weighted by molar-refractivity contribution is 5.97. The van der Waals surface area contributed by atoms with E-state index in [9.17, 15) is 9.59 Å². The zero-order valence-corrected chi connectivity index (χ0v) is 10.3. The van der Waals surface area contributed by atoms with E-state index >= 15 is 0 Å². The molecule has 3 N–H and O–H groups in total. The monoisotopic (exact) mass is 245 g/mol. The number of amides is 2. The number of carbonyl (C=O) groups is 2. The SMILES string of the molecule is CC(C)C(C#N)C(=O)Nc1cccc(C(N)=O)c1. The normalized spacial score (nSPS) is 11.7. The fourth-order valence-corrected chi connectivity index (χ4v) is 1.48. The summed E-state index contributed by atoms with van der Waals surface area (Å²) < 4.78 is 0. The highest BCUT2D eigenvalue weighted by Crippen LogP contribution is 2.15. The van der Waals surface area contributed by atoms with Crippen LogP contribution in [0.25, 0.3) is 0 Å². The van der Waals surface area contributed by atoms with Gasteiger partial charge in [-0.1, -0.05) is 19.9 Å². The van der Waals surface area contributed by atoms with Gasteiger partial charge in [0.1, 0.15) is 5.92 Å². The second kappa shape index (κ2) is 5.82. The average molecular weight is 245 g/mol. The lowest BCUT2D eigenvalue weighted by atomic mass is 9.96. The van der Waals surface area contributed by atoms with E-state index in [0.29, 0.717) is 11.3 Å². The first-order valence-corrected chi connectivity index (χ1v) is 5.56. The average Bonchev–Trinajstić information content (AvgIpc) is 2.29. The first kappa shape index (κ1) is 13.7. The Balaban J connectivity index is 2.85. The Morgan fingerprint density at radius 1 is 1.39 bits per heavy atom. The summed E-state index contributed by atoms with van der Waals surface area (Å²) in [5.41, 5.74) is 5.91. The summed E-state index contributed by atoms with van der Waals surface area (Å²) in [6.07, 6.45) is 0. The third kappa shape index (κ3) is 3.32. The van der Waals surface area contributed by atoms with Crippen molar-refractivity contribution in [2.24, 2.45) is 17.6 Å². The van der Waals surface area contributed by atoms with Crippen LogP contribution in [0.3, 0.4) is 0 Å². The van der Waals surface area contributed by atoms with Gasteiger partial charge < -0.3 is 11.1 Å². The summed E-state index contributed by atoms with van der Waals surface area (Å²) in [6.45, 7) is 3.60. The van der Waals surface area contributed by atoms with Gasteiger partial charge in [-0.15, -0.1) is 0 Å². The van der Waals surface area contributed by atoms with E-state index in [1.807, 2.05) is 6.07 Å². The first-order chi connectivity index (χ1) is 8.45. The van der Waals surface area contributed by atoms with Gasteiger partial charge in [0.2, 0.25) is 11.8 Å². The molecule has 5 heteroatoms. The fraction of sp³-hybridized carbons (Fsp3) is 0.308. The first-order valence-electron chi connectivity index (χ1n) is 5.56. The molecule has 18 heavy (non-hydrogen) atoms. The largest absolute Gasteiger partial charge is 0.366 e. The number of hydrogen-bond acceptors (Lipinski definition) is 3. The third-order valence-electron chi connectivity index (χ3n) is 2.50. The summed E-state index contributed by atoms with van der Waals surface area (Å²) in [4.78, 5) is 22.8. The second-order valence-electron chi connectivity index (χ2n) is 4.29. The topological polar surface area (TPSA) is 96.0 Å². The molecule has 94 valence electrons. The molecule has 0 spiro atoms. The molecule has 0 radical (unpaired) electrons. The minimum atomic E-state index is -0.720. The van der Waals surface area contributed by atoms with E-state index in [-0.39, 0.29) is 11.8 Å². The lowest BCUT2D eigenvalue weighted by Gasteiger charge is -2.13. The quantitative estimate of drug-likeness (QED) is 0.841. The Kier molecular flexibility index (Phi) is 4.44. The van der Waals surface area contributed by atoms with Gasteiger partial charge in [0.25, 0.3) is 0 Å². The van der Waals surface area contributed by atoms with Gasteiger partial charge in [0.15, 0.2) is 0 Å². The molecule has 1 rings (SSSR count). The fourth-order valence-electron chi connectivity index (χ4n) is 1.48. The summed E-state index contributed by atoms with van der Waals surface area (Å²) >= 11 is 0. The van der Waals surface area contributed by atoms with Crippen molar-refractivity contribution in [3.05, 3.63) is 29.8 Å². The summed E-state index contributed by atoms with van der Waals surface area (Å²) in [7, 11) is 0. The molecule has 0 bridgehead atoms. The highest BCUT2D eigenvalue weighted by atomic mass is 16.2. The van der Waals surface area contributed by atoms with Crippen LogP contribution in [-0.2, 0) is 4.79 Å². The molecule has 1 atom stereocenters. The zero-order chi connectivity index (χ0) is 13.7. The zero-order valence-electron chi connectivity index (χ0n) is 10.3. The van der Waals surface area contributed by atoms with Crippen LogP contribution in [-0.4, -0.2) is 11.8 Å². The molecule has 1 unspecified atom stereocenters. The number of nitrogens with zero attached hydrogens (tertiary/aromatic N) is 1. The number of benzene rings is 1. The van der Waals surface area contributed by atoms with Crippen LogP contribution in [0.4, 0.5) is 5.69 Å². The van der Waals surface area contributed by atoms with Crippen LogP contribution in [0, 0.1) is 23.2 Å². The summed E-state index contributed by atoms with van der Waals surface area (Å²) in [6, 6.07) is 8.25. The molecule has 1 aromatic rings. The van der Waals surface area contributed by atoms with Crippen LogP contribution < -0.4 is 11.1 Å². The number of carbonyl (C=O) groups excluding carboxylic acids is 2. The van der Waals surface area contributed by atoms with Crippen LogP contribution >= 0.6 is 0 Å². The number of nitrogens with two attached hydrogens (primary N) is 1. The Morgan fingerprint density at radius 3 is 2.56 bits per heavy atom. The molecular formula is C13H15N3O2. The van der Waals surface area contributed by atoms with E-state index in [2.05, 4.69) is 5.32 Å². The molecule has 0 saturated heterocycles. The number of hydrogen-bond donors (Lipinski definition) is 2. The Bertz CT molecular complexity index is 503. The number of anilines is 1. The van der Waals surface area contributed by atoms with E-state index in [1.165, 1.54) is 6.07 Å². The molecule has 0 saturated carbocycles. The van der Waals surface area contributed by atoms with Gasteiger partial charge in [-0.3, -0.25) is 9.59 Å². The molecule has 0 aliphatic rings. The van der Waals surface area contributed by atoms with Crippen molar-refractivity contribution in [3.8, 4) is 6.07 Å². The molecule has 0 aliphatic heterocycles. The van der Waals surface area contributed by atoms with Crippen molar-refractivity contribution in [2.75, 3.05) is 5.32 Å². The Hall–Kier alpha value is -2.35. The second-order valence-corrected chi connectivity index (χ2v) is 4.29. The van der Waals surface area contributed by atoms with E-state index in [4.69, 9.17) is 11.0 Å². The standard InChI is InChI=1S/C13H15N3O2/c1-8(2)11(7-14)13(18)16-10-5-3-4-9(6-10)12(15)17/h3-6,8,11H,1-2H3,(H2,15,17)(H,16,18). The van der Waals surface area contributed by atoms with E-state index in [1.54, 1.807) is 32.0 Å². The Morgan fingerprint density at radius 2 is 2.06 bits per heavy atom. The molecule has 0 heterocycles. The summed E-state index contributed by atoms with van der Waals surface area (Å²) in [5, 5.41) is 11.5. The van der Waals surface area contributed by atoms with Crippen LogP contribution in [0.5, 0.6) is 0 Å². The number of primary amides is 1. The Labute approximate surface area is 106 Å². The smallest absolute Gasteiger partial charge is 0.248 e. The molecule has 0 fully saturated rings. The lowest BCUT2D eigenvalue weighted by molar-refractivity contribution is -0.119. The van der Waals surface area contributed by atoms with Crippen molar-refractivity contribution >= 4 is 17.5 Å². The van der Waals surface area contributed by atoms with Crippen molar-refractivity contribution in [1.29, 1.82) is 5.26 Å². The highest BCUT2D eigenvalue weighted by Gasteiger charge is 2.21. The predicted molar refractivity (Wildman–Crippen MR) is 67.5 cm³/mol. The molecule has 0 aromatic heterocycles. The van der Waals surface area contributed by atoms with Crippen molar-refractivity contribution in [1.82, 2.24) is 0 Å². The molecule has 1 aromatic carbocycles. The molecule has 2 amide bonds. The molecule has 0 aliphatic carbocycles. The summed E-state index contributed by atoms with van der Waals surface area (Å²) in [5.74, 6) is -1.74. The maximum atomic E-state index is 11.8. The van der Waals surface area contributed by atoms with Crippen molar-refractivity contribution in [3.63, 3.8) is 0 Å². The lowest BCUT2D eigenvalue weighted by Crippen LogP contribution is -2.25. The predicted octanol–water partition coefficient (Wildman–Crippen LogP) is 1.52. The van der Waals surface area contributed by atoms with E-state index < -0.39 is 11.8 Å². The number of nitriles is 1. The minimum Gasteiger partial charge on any atom is -0.366 e. The van der Waals surface area contributed by atoms with Gasteiger partial charge in [-0.05, 0) is 24.1 Å². The number of nitrogens with one attached hydrogen (secondary N) is 1. The van der Waals surface area contributed by atoms with Gasteiger partial charge in [0.05, 0.1) is 6.07 Å². The van der Waals surface area contributed by atoms with Crippen LogP contribution in [0.15, 0.2) is 24.3 Å². The van der Waals surface area contributed by atoms with E-state index in [0.717, 1.165) is 0 Å². The van der Waals surface area contributed by atoms with Gasteiger partial charge in [0, 0.05) is 11.3 Å². The van der Waals surface area contributed by atoms with Crippen molar-refractivity contribution in [2.45, 2.75) is 13.8 Å². The van der Waals surface area contributed by atoms with Gasteiger partial charge in [-0.2, -0.15) is 5.26 Å². The van der Waals surface area contributed by atoms with Gasteiger partial charge >= 0.3 is 0 Å². The molecule has 5 nitrogen and oxygen atoms in total. The minimum absolute atomic E-state index is 0.0747. The van der Waals surface area contributed by atoms with Crippen LogP contribution in [0.2, 0.25) is 0 Å². The third-order valence-corrected chi connectivity index (χ3v) is 2.50. The van der Waals surface area contributed by atoms with Crippen molar-refractivity contribution < 1.29 is 9.59 Å². The van der Waals surface area contributed by atoms with Gasteiger partial charge in [-0.25, -0.2) is 0 Å². The van der Waals surface area contributed by atoms with Crippen LogP contribution in [0.1, 0.15) is 24.2 Å². The maximum Gasteiger partial charge on any atom is 0.248 e. The maximum absolute atomic E-state index is 11.8.